The monoisotopic (exact) mass is 267 g/mol. The summed E-state index contributed by atoms with van der Waals surface area (Å²) in [6.45, 7) is 6.90. The van der Waals surface area contributed by atoms with Crippen LogP contribution in [0.4, 0.5) is 0 Å². The van der Waals surface area contributed by atoms with E-state index in [1.54, 1.807) is 0 Å². The Morgan fingerprint density at radius 3 is 2.89 bits per heavy atom. The van der Waals surface area contributed by atoms with Crippen molar-refractivity contribution < 1.29 is 0 Å². The van der Waals surface area contributed by atoms with Gasteiger partial charge >= 0.3 is 0 Å². The Balaban J connectivity index is 1.76. The molecule has 4 heteroatoms. The molecule has 0 aromatic carbocycles. The minimum atomic E-state index is 0.873. The van der Waals surface area contributed by atoms with Crippen molar-refractivity contribution in [1.82, 2.24) is 15.2 Å². The number of piperidine rings is 1. The lowest BCUT2D eigenvalue weighted by Crippen LogP contribution is -2.36. The maximum absolute atomic E-state index is 4.71. The van der Waals surface area contributed by atoms with E-state index in [2.05, 4.69) is 29.6 Å². The molecule has 0 amide bonds. The third kappa shape index (κ3) is 4.04. The van der Waals surface area contributed by atoms with Gasteiger partial charge < -0.3 is 5.32 Å². The average molecular weight is 267 g/mol. The van der Waals surface area contributed by atoms with Crippen molar-refractivity contribution in [3.8, 4) is 0 Å². The quantitative estimate of drug-likeness (QED) is 0.858. The highest BCUT2D eigenvalue weighted by Gasteiger charge is 2.19. The van der Waals surface area contributed by atoms with Crippen molar-refractivity contribution in [2.24, 2.45) is 5.92 Å². The Morgan fingerprint density at radius 1 is 1.44 bits per heavy atom. The van der Waals surface area contributed by atoms with Gasteiger partial charge in [0.05, 0.1) is 12.2 Å². The topological polar surface area (TPSA) is 28.2 Å². The maximum atomic E-state index is 4.71. The van der Waals surface area contributed by atoms with Gasteiger partial charge in [0, 0.05) is 5.38 Å². The van der Waals surface area contributed by atoms with Gasteiger partial charge in [0.2, 0.25) is 0 Å². The molecule has 2 rings (SSSR count). The summed E-state index contributed by atoms with van der Waals surface area (Å²) in [6.07, 6.45) is 4.97. The lowest BCUT2D eigenvalue weighted by Gasteiger charge is -2.31. The molecule has 0 bridgehead atoms. The van der Waals surface area contributed by atoms with Crippen LogP contribution in [0.1, 0.15) is 36.9 Å². The number of rotatable bonds is 6. The van der Waals surface area contributed by atoms with Gasteiger partial charge in [-0.05, 0) is 51.9 Å². The van der Waals surface area contributed by atoms with Crippen LogP contribution in [0.15, 0.2) is 5.38 Å². The highest BCUT2D eigenvalue weighted by atomic mass is 32.1. The number of aromatic nitrogens is 1. The second-order valence-corrected chi connectivity index (χ2v) is 6.20. The standard InChI is InChI=1S/C14H25N3S/c1-3-4-13-11-18-14(16-13)10-17-7-5-12(6-8-17)9-15-2/h11-12,15H,3-10H2,1-2H3. The van der Waals surface area contributed by atoms with Crippen LogP contribution < -0.4 is 5.32 Å². The third-order valence-corrected chi connectivity index (χ3v) is 4.55. The molecule has 3 nitrogen and oxygen atoms in total. The van der Waals surface area contributed by atoms with Gasteiger partial charge in [0.1, 0.15) is 5.01 Å². The SMILES string of the molecule is CCCc1csc(CN2CCC(CNC)CC2)n1. The molecule has 1 saturated heterocycles. The highest BCUT2D eigenvalue weighted by molar-refractivity contribution is 7.09. The molecule has 1 aliphatic heterocycles. The minimum absolute atomic E-state index is 0.873. The average Bonchev–Trinajstić information content (AvgIpc) is 2.80. The smallest absolute Gasteiger partial charge is 0.107 e. The van der Waals surface area contributed by atoms with Crippen LogP contribution in [0.3, 0.4) is 0 Å². The Kier molecular flexibility index (Phi) is 5.60. The van der Waals surface area contributed by atoms with Gasteiger partial charge in [-0.25, -0.2) is 4.98 Å². The lowest BCUT2D eigenvalue weighted by atomic mass is 9.97. The largest absolute Gasteiger partial charge is 0.319 e. The van der Waals surface area contributed by atoms with E-state index >= 15 is 0 Å². The molecule has 102 valence electrons. The summed E-state index contributed by atoms with van der Waals surface area (Å²) < 4.78 is 0. The predicted molar refractivity (Wildman–Crippen MR) is 78.0 cm³/mol. The van der Waals surface area contributed by atoms with Gasteiger partial charge in [0.25, 0.3) is 0 Å². The summed E-state index contributed by atoms with van der Waals surface area (Å²) in [4.78, 5) is 7.27. The number of nitrogens with zero attached hydrogens (tertiary/aromatic N) is 2. The van der Waals surface area contributed by atoms with Crippen LogP contribution in [-0.2, 0) is 13.0 Å². The Labute approximate surface area is 115 Å². The van der Waals surface area contributed by atoms with Gasteiger partial charge in [0.15, 0.2) is 0 Å². The van der Waals surface area contributed by atoms with Crippen molar-refractivity contribution in [3.63, 3.8) is 0 Å². The first-order chi connectivity index (χ1) is 8.81. The Hall–Kier alpha value is -0.450. The van der Waals surface area contributed by atoms with E-state index in [-0.39, 0.29) is 0 Å². The molecule has 1 fully saturated rings. The van der Waals surface area contributed by atoms with Crippen LogP contribution in [-0.4, -0.2) is 36.6 Å². The summed E-state index contributed by atoms with van der Waals surface area (Å²) in [5, 5.41) is 6.82. The molecule has 1 N–H and O–H groups in total. The fourth-order valence-electron chi connectivity index (χ4n) is 2.62. The molecule has 2 heterocycles. The van der Waals surface area contributed by atoms with Crippen molar-refractivity contribution in [3.05, 3.63) is 16.1 Å². The van der Waals surface area contributed by atoms with E-state index in [0.717, 1.165) is 18.9 Å². The first kappa shape index (κ1) is 14.0. The van der Waals surface area contributed by atoms with Crippen molar-refractivity contribution in [1.29, 1.82) is 0 Å². The van der Waals surface area contributed by atoms with E-state index in [9.17, 15) is 0 Å². The molecule has 18 heavy (non-hydrogen) atoms. The highest BCUT2D eigenvalue weighted by Crippen LogP contribution is 2.20. The fourth-order valence-corrected chi connectivity index (χ4v) is 3.49. The van der Waals surface area contributed by atoms with Crippen LogP contribution in [0, 0.1) is 5.92 Å². The van der Waals surface area contributed by atoms with Crippen molar-refractivity contribution >= 4 is 11.3 Å². The number of hydrogen-bond donors (Lipinski definition) is 1. The van der Waals surface area contributed by atoms with E-state index < -0.39 is 0 Å². The predicted octanol–water partition coefficient (Wildman–Crippen LogP) is 2.53. The Morgan fingerprint density at radius 2 is 2.22 bits per heavy atom. The summed E-state index contributed by atoms with van der Waals surface area (Å²) in [5.41, 5.74) is 1.28. The Bertz CT molecular complexity index is 343. The molecule has 0 unspecified atom stereocenters. The van der Waals surface area contributed by atoms with Gasteiger partial charge in [-0.1, -0.05) is 13.3 Å². The number of likely N-dealkylation sites (tertiary alicyclic amines) is 1. The third-order valence-electron chi connectivity index (χ3n) is 3.66. The molecule has 1 aromatic heterocycles. The lowest BCUT2D eigenvalue weighted by molar-refractivity contribution is 0.176. The molecular formula is C14H25N3S. The fraction of sp³-hybridized carbons (Fsp3) is 0.786. The number of hydrogen-bond acceptors (Lipinski definition) is 4. The zero-order valence-electron chi connectivity index (χ0n) is 11.6. The summed E-state index contributed by atoms with van der Waals surface area (Å²) in [7, 11) is 2.05. The van der Waals surface area contributed by atoms with E-state index in [0.29, 0.717) is 0 Å². The number of aryl methyl sites for hydroxylation is 1. The second kappa shape index (κ2) is 7.22. The normalized spacial score (nSPS) is 18.3. The molecule has 0 aliphatic carbocycles. The molecule has 0 atom stereocenters. The van der Waals surface area contributed by atoms with Crippen molar-refractivity contribution in [2.75, 3.05) is 26.7 Å². The molecule has 0 radical (unpaired) electrons. The number of thiazole rings is 1. The number of nitrogens with one attached hydrogen (secondary N) is 1. The minimum Gasteiger partial charge on any atom is -0.319 e. The zero-order chi connectivity index (χ0) is 12.8. The van der Waals surface area contributed by atoms with E-state index in [1.165, 1.54) is 49.6 Å². The molecule has 0 saturated carbocycles. The van der Waals surface area contributed by atoms with Crippen LogP contribution in [0.5, 0.6) is 0 Å². The first-order valence-electron chi connectivity index (χ1n) is 7.12. The van der Waals surface area contributed by atoms with Gasteiger partial charge in [-0.15, -0.1) is 11.3 Å². The first-order valence-corrected chi connectivity index (χ1v) is 8.00. The van der Waals surface area contributed by atoms with Crippen LogP contribution >= 0.6 is 11.3 Å². The zero-order valence-corrected chi connectivity index (χ0v) is 12.4. The molecular weight excluding hydrogens is 242 g/mol. The summed E-state index contributed by atoms with van der Waals surface area (Å²) in [5.74, 6) is 0.873. The van der Waals surface area contributed by atoms with Gasteiger partial charge in [-0.3, -0.25) is 4.90 Å². The van der Waals surface area contributed by atoms with Crippen molar-refractivity contribution in [2.45, 2.75) is 39.2 Å². The maximum Gasteiger partial charge on any atom is 0.107 e. The summed E-state index contributed by atoms with van der Waals surface area (Å²) >= 11 is 1.83. The van der Waals surface area contributed by atoms with Crippen LogP contribution in [0.25, 0.3) is 0 Å². The van der Waals surface area contributed by atoms with Gasteiger partial charge in [-0.2, -0.15) is 0 Å². The molecule has 0 spiro atoms. The molecule has 1 aromatic rings. The molecule has 1 aliphatic rings. The van der Waals surface area contributed by atoms with E-state index in [1.807, 2.05) is 11.3 Å². The second-order valence-electron chi connectivity index (χ2n) is 5.26. The van der Waals surface area contributed by atoms with E-state index in [4.69, 9.17) is 4.98 Å². The summed E-state index contributed by atoms with van der Waals surface area (Å²) in [6, 6.07) is 0. The van der Waals surface area contributed by atoms with Crippen LogP contribution in [0.2, 0.25) is 0 Å².